The number of esters is 1. The molecule has 0 bridgehead atoms. The maximum Gasteiger partial charge on any atom is 0.410 e. The summed E-state index contributed by atoms with van der Waals surface area (Å²) in [5.41, 5.74) is 0. The van der Waals surface area contributed by atoms with Gasteiger partial charge in [-0.15, -0.1) is 12.3 Å². The Morgan fingerprint density at radius 3 is 1.79 bits per heavy atom. The van der Waals surface area contributed by atoms with Gasteiger partial charge in [0, 0.05) is 13.5 Å². The second kappa shape index (κ2) is 19.6. The molecule has 168 valence electrons. The Bertz CT molecular complexity index is 458. The van der Waals surface area contributed by atoms with Crippen LogP contribution in [0, 0.1) is 12.3 Å². The Labute approximate surface area is 178 Å². The van der Waals surface area contributed by atoms with Gasteiger partial charge in [-0.2, -0.15) is 0 Å². The average molecular weight is 410 g/mol. The second-order valence-corrected chi connectivity index (χ2v) is 7.77. The van der Waals surface area contributed by atoms with Gasteiger partial charge in [0.1, 0.15) is 12.6 Å². The third-order valence-corrected chi connectivity index (χ3v) is 5.17. The van der Waals surface area contributed by atoms with Crippen LogP contribution in [0.25, 0.3) is 0 Å². The van der Waals surface area contributed by atoms with Crippen LogP contribution in [-0.4, -0.2) is 43.3 Å². The maximum absolute atomic E-state index is 12.0. The molecule has 0 aliphatic carbocycles. The highest BCUT2D eigenvalue weighted by Gasteiger charge is 2.24. The Kier molecular flexibility index (Phi) is 18.5. The number of rotatable bonds is 18. The van der Waals surface area contributed by atoms with Crippen molar-refractivity contribution in [2.45, 2.75) is 110 Å². The largest absolute Gasteiger partial charge is 0.464 e. The number of likely N-dealkylation sites (N-methyl/N-ethyl adjacent to an activating group) is 1. The zero-order valence-electron chi connectivity index (χ0n) is 19.0. The topological polar surface area (TPSA) is 55.8 Å². The van der Waals surface area contributed by atoms with Crippen LogP contribution in [-0.2, 0) is 14.3 Å². The third kappa shape index (κ3) is 15.9. The Morgan fingerprint density at radius 1 is 0.828 bits per heavy atom. The normalized spacial score (nSPS) is 11.5. The fraction of sp³-hybridized carbons (Fsp3) is 0.833. The minimum absolute atomic E-state index is 0.153. The highest BCUT2D eigenvalue weighted by Crippen LogP contribution is 2.12. The highest BCUT2D eigenvalue weighted by atomic mass is 16.6. The molecule has 5 nitrogen and oxygen atoms in total. The van der Waals surface area contributed by atoms with E-state index < -0.39 is 18.1 Å². The summed E-state index contributed by atoms with van der Waals surface area (Å²) < 4.78 is 10.3. The number of ether oxygens (including phenoxy) is 2. The molecule has 0 fully saturated rings. The summed E-state index contributed by atoms with van der Waals surface area (Å²) in [5, 5.41) is 0. The molecular formula is C24H43NO4. The lowest BCUT2D eigenvalue weighted by atomic mass is 10.0. The third-order valence-electron chi connectivity index (χ3n) is 5.17. The molecule has 0 saturated heterocycles. The van der Waals surface area contributed by atoms with E-state index >= 15 is 0 Å². The number of carbonyl (C=O) groups is 2. The van der Waals surface area contributed by atoms with Gasteiger partial charge < -0.3 is 9.47 Å². The van der Waals surface area contributed by atoms with Gasteiger partial charge in [-0.25, -0.2) is 9.59 Å². The lowest BCUT2D eigenvalue weighted by molar-refractivity contribution is -0.148. The molecule has 0 aromatic carbocycles. The van der Waals surface area contributed by atoms with Crippen LogP contribution in [0.1, 0.15) is 104 Å². The summed E-state index contributed by atoms with van der Waals surface area (Å²) in [7, 11) is 1.52. The average Bonchev–Trinajstić information content (AvgIpc) is 2.72. The zero-order valence-corrected chi connectivity index (χ0v) is 19.0. The fourth-order valence-corrected chi connectivity index (χ4v) is 3.03. The van der Waals surface area contributed by atoms with E-state index in [1.807, 2.05) is 0 Å². The molecule has 0 spiro atoms. The molecule has 1 atom stereocenters. The summed E-state index contributed by atoms with van der Waals surface area (Å²) >= 11 is 0. The second-order valence-electron chi connectivity index (χ2n) is 7.77. The van der Waals surface area contributed by atoms with Crippen molar-refractivity contribution in [3.05, 3.63) is 0 Å². The molecule has 0 saturated carbocycles. The number of amides is 1. The number of hydrogen-bond acceptors (Lipinski definition) is 4. The van der Waals surface area contributed by atoms with Gasteiger partial charge in [0.2, 0.25) is 0 Å². The van der Waals surface area contributed by atoms with Gasteiger partial charge >= 0.3 is 12.1 Å². The molecule has 5 heteroatoms. The van der Waals surface area contributed by atoms with Crippen molar-refractivity contribution in [1.29, 1.82) is 0 Å². The van der Waals surface area contributed by atoms with Gasteiger partial charge in [-0.1, -0.05) is 84.0 Å². The van der Waals surface area contributed by atoms with Crippen LogP contribution in [0.15, 0.2) is 0 Å². The van der Waals surface area contributed by atoms with E-state index in [1.54, 1.807) is 6.92 Å². The van der Waals surface area contributed by atoms with Crippen molar-refractivity contribution in [2.75, 3.05) is 20.3 Å². The minimum Gasteiger partial charge on any atom is -0.464 e. The standard InChI is InChI=1S/C24H43NO4/c1-5-7-9-10-11-12-13-14-15-16-17-18-19-21-28-23(26)22(3)25(4)24(27)29-20-8-6-2/h2,22H,5,7-21H2,1,3-4H3. The lowest BCUT2D eigenvalue weighted by Gasteiger charge is -2.22. The predicted molar refractivity (Wildman–Crippen MR) is 119 cm³/mol. The summed E-state index contributed by atoms with van der Waals surface area (Å²) in [6.45, 7) is 4.45. The molecule has 1 amide bonds. The molecule has 29 heavy (non-hydrogen) atoms. The Balaban J connectivity index is 3.54. The van der Waals surface area contributed by atoms with Crippen molar-refractivity contribution >= 4 is 12.1 Å². The first-order valence-corrected chi connectivity index (χ1v) is 11.5. The lowest BCUT2D eigenvalue weighted by Crippen LogP contribution is -2.41. The molecule has 0 radical (unpaired) electrons. The number of carbonyl (C=O) groups excluding carboxylic acids is 2. The highest BCUT2D eigenvalue weighted by molar-refractivity contribution is 5.80. The molecule has 0 aromatic rings. The molecule has 0 rings (SSSR count). The molecule has 0 N–H and O–H groups in total. The van der Waals surface area contributed by atoms with Gasteiger partial charge in [0.15, 0.2) is 0 Å². The van der Waals surface area contributed by atoms with Crippen molar-refractivity contribution in [2.24, 2.45) is 0 Å². The fourth-order valence-electron chi connectivity index (χ4n) is 3.03. The molecule has 0 aromatic heterocycles. The predicted octanol–water partition coefficient (Wildman–Crippen LogP) is 6.10. The van der Waals surface area contributed by atoms with Crippen LogP contribution in [0.4, 0.5) is 4.79 Å². The molecule has 1 unspecified atom stereocenters. The van der Waals surface area contributed by atoms with E-state index in [2.05, 4.69) is 12.8 Å². The van der Waals surface area contributed by atoms with Crippen LogP contribution in [0.5, 0.6) is 0 Å². The van der Waals surface area contributed by atoms with Gasteiger partial charge in [0.05, 0.1) is 6.61 Å². The first-order chi connectivity index (χ1) is 14.0. The molecule has 0 aliphatic heterocycles. The van der Waals surface area contributed by atoms with Crippen molar-refractivity contribution in [3.63, 3.8) is 0 Å². The van der Waals surface area contributed by atoms with E-state index in [4.69, 9.17) is 15.9 Å². The van der Waals surface area contributed by atoms with Gasteiger partial charge in [0.25, 0.3) is 0 Å². The van der Waals surface area contributed by atoms with E-state index in [-0.39, 0.29) is 6.61 Å². The van der Waals surface area contributed by atoms with Gasteiger partial charge in [-0.05, 0) is 13.3 Å². The van der Waals surface area contributed by atoms with Crippen molar-refractivity contribution < 1.29 is 19.1 Å². The quantitative estimate of drug-likeness (QED) is 0.156. The summed E-state index contributed by atoms with van der Waals surface area (Å²) in [6, 6.07) is -0.671. The smallest absolute Gasteiger partial charge is 0.410 e. The summed E-state index contributed by atoms with van der Waals surface area (Å²) in [4.78, 5) is 25.1. The van der Waals surface area contributed by atoms with Crippen molar-refractivity contribution in [3.8, 4) is 12.3 Å². The SMILES string of the molecule is C#CCCOC(=O)N(C)C(C)C(=O)OCCCCCCCCCCCCCCC. The molecule has 0 aliphatic rings. The first kappa shape index (κ1) is 27.3. The number of hydrogen-bond donors (Lipinski definition) is 0. The number of nitrogens with zero attached hydrogens (tertiary/aromatic N) is 1. The number of unbranched alkanes of at least 4 members (excludes halogenated alkanes) is 12. The first-order valence-electron chi connectivity index (χ1n) is 11.5. The molecule has 0 heterocycles. The maximum atomic E-state index is 12.0. The van der Waals surface area contributed by atoms with E-state index in [1.165, 1.54) is 82.6 Å². The van der Waals surface area contributed by atoms with Crippen LogP contribution in [0.2, 0.25) is 0 Å². The van der Waals surface area contributed by atoms with Crippen LogP contribution >= 0.6 is 0 Å². The van der Waals surface area contributed by atoms with E-state index in [0.29, 0.717) is 13.0 Å². The zero-order chi connectivity index (χ0) is 21.7. The summed E-state index contributed by atoms with van der Waals surface area (Å²) in [6.07, 6.45) is 21.6. The van der Waals surface area contributed by atoms with Crippen LogP contribution < -0.4 is 0 Å². The number of terminal acetylenes is 1. The van der Waals surface area contributed by atoms with E-state index in [0.717, 1.165) is 12.8 Å². The monoisotopic (exact) mass is 409 g/mol. The van der Waals surface area contributed by atoms with E-state index in [9.17, 15) is 9.59 Å². The Hall–Kier alpha value is -1.70. The van der Waals surface area contributed by atoms with Crippen LogP contribution in [0.3, 0.4) is 0 Å². The minimum atomic E-state index is -0.671. The Morgan fingerprint density at radius 2 is 1.31 bits per heavy atom. The van der Waals surface area contributed by atoms with Crippen molar-refractivity contribution in [1.82, 2.24) is 4.90 Å². The molecular weight excluding hydrogens is 366 g/mol. The summed E-state index contributed by atoms with van der Waals surface area (Å²) in [5.74, 6) is 1.99. The van der Waals surface area contributed by atoms with Gasteiger partial charge in [-0.3, -0.25) is 4.90 Å².